The first kappa shape index (κ1) is 12.3. The average Bonchev–Trinajstić information content (AvgIpc) is 2.39. The molecule has 1 aliphatic heterocycles. The van der Waals surface area contributed by atoms with Crippen LogP contribution in [0.1, 0.15) is 24.3 Å². The highest BCUT2D eigenvalue weighted by Crippen LogP contribution is 2.32. The highest BCUT2D eigenvalue weighted by Gasteiger charge is 2.29. The fourth-order valence-corrected chi connectivity index (χ4v) is 2.92. The average molecular weight is 319 g/mol. The summed E-state index contributed by atoms with van der Waals surface area (Å²) < 4.78 is 0.902. The molecule has 1 aromatic carbocycles. The van der Waals surface area contributed by atoms with Gasteiger partial charge in [0.05, 0.1) is 11.4 Å². The molecule has 19 heavy (non-hydrogen) atoms. The molecule has 0 spiro atoms. The van der Waals surface area contributed by atoms with Gasteiger partial charge in [-0.25, -0.2) is 0 Å². The van der Waals surface area contributed by atoms with E-state index in [1.807, 2.05) is 24.3 Å². The second-order valence-electron chi connectivity index (χ2n) is 4.54. The predicted octanol–water partition coefficient (Wildman–Crippen LogP) is 2.52. The van der Waals surface area contributed by atoms with Crippen LogP contribution >= 0.6 is 15.9 Å². The summed E-state index contributed by atoms with van der Waals surface area (Å²) in [4.78, 5) is 27.5. The lowest BCUT2D eigenvalue weighted by molar-refractivity contribution is -0.134. The van der Waals surface area contributed by atoms with Gasteiger partial charge in [-0.3, -0.25) is 19.9 Å². The molecule has 0 saturated carbocycles. The van der Waals surface area contributed by atoms with Gasteiger partial charge >= 0.3 is 0 Å². The van der Waals surface area contributed by atoms with E-state index < -0.39 is 0 Å². The van der Waals surface area contributed by atoms with E-state index in [-0.39, 0.29) is 17.7 Å². The Morgan fingerprint density at radius 1 is 1.26 bits per heavy atom. The molecule has 4 nitrogen and oxygen atoms in total. The normalized spacial score (nSPS) is 19.5. The maximum Gasteiger partial charge on any atom is 0.234 e. The molecule has 0 bridgehead atoms. The van der Waals surface area contributed by atoms with Crippen molar-refractivity contribution in [3.63, 3.8) is 0 Å². The number of hydrogen-bond acceptors (Lipinski definition) is 3. The number of piperidine rings is 1. The van der Waals surface area contributed by atoms with Crippen molar-refractivity contribution in [2.75, 3.05) is 0 Å². The monoisotopic (exact) mass is 318 g/mol. The minimum atomic E-state index is -0.280. The number of fused-ring (bicyclic) bond motifs is 1. The maximum absolute atomic E-state index is 12.0. The van der Waals surface area contributed by atoms with E-state index in [4.69, 9.17) is 0 Å². The Kier molecular flexibility index (Phi) is 3.06. The van der Waals surface area contributed by atoms with Gasteiger partial charge in [-0.05, 0) is 40.0 Å². The summed E-state index contributed by atoms with van der Waals surface area (Å²) in [5, 5.41) is 3.35. The van der Waals surface area contributed by atoms with Crippen molar-refractivity contribution in [3.8, 4) is 0 Å². The van der Waals surface area contributed by atoms with Crippen LogP contribution in [0.4, 0.5) is 0 Å². The first-order valence-corrected chi connectivity index (χ1v) is 6.83. The molecule has 1 saturated heterocycles. The lowest BCUT2D eigenvalue weighted by Crippen LogP contribution is -2.39. The molecule has 5 heteroatoms. The molecule has 1 unspecified atom stereocenters. The minimum absolute atomic E-state index is 0.194. The molecule has 96 valence electrons. The summed E-state index contributed by atoms with van der Waals surface area (Å²) >= 11 is 3.46. The van der Waals surface area contributed by atoms with Crippen molar-refractivity contribution in [1.29, 1.82) is 0 Å². The van der Waals surface area contributed by atoms with Gasteiger partial charge in [-0.2, -0.15) is 0 Å². The van der Waals surface area contributed by atoms with E-state index in [2.05, 4.69) is 26.2 Å². The van der Waals surface area contributed by atoms with Gasteiger partial charge in [0.2, 0.25) is 11.8 Å². The third-order valence-corrected chi connectivity index (χ3v) is 4.01. The Hall–Kier alpha value is -1.75. The molecular formula is C14H11BrN2O2. The van der Waals surface area contributed by atoms with E-state index >= 15 is 0 Å². The Balaban J connectivity index is 2.13. The molecule has 1 fully saturated rings. The quantitative estimate of drug-likeness (QED) is 0.822. The van der Waals surface area contributed by atoms with Crippen molar-refractivity contribution in [2.45, 2.75) is 18.8 Å². The molecule has 2 aromatic rings. The molecule has 2 heterocycles. The van der Waals surface area contributed by atoms with Crippen LogP contribution in [-0.4, -0.2) is 16.8 Å². The first-order valence-electron chi connectivity index (χ1n) is 6.03. The van der Waals surface area contributed by atoms with E-state index in [9.17, 15) is 9.59 Å². The van der Waals surface area contributed by atoms with Crippen LogP contribution in [-0.2, 0) is 9.59 Å². The standard InChI is InChI=1S/C14H11BrN2O2/c15-11-3-1-2-9-8(6-7-16-13(9)11)10-4-5-12(18)17-14(10)19/h1-3,6-7,10H,4-5H2,(H,17,18,19). The van der Waals surface area contributed by atoms with E-state index in [0.29, 0.717) is 12.8 Å². The van der Waals surface area contributed by atoms with Gasteiger partial charge in [0, 0.05) is 22.5 Å². The number of pyridine rings is 1. The molecule has 0 aliphatic carbocycles. The number of nitrogens with one attached hydrogen (secondary N) is 1. The number of rotatable bonds is 1. The summed E-state index contributed by atoms with van der Waals surface area (Å²) in [6.07, 6.45) is 2.64. The van der Waals surface area contributed by atoms with Crippen LogP contribution in [0.25, 0.3) is 10.9 Å². The van der Waals surface area contributed by atoms with Gasteiger partial charge in [-0.1, -0.05) is 12.1 Å². The molecule has 1 N–H and O–H groups in total. The first-order chi connectivity index (χ1) is 9.16. The van der Waals surface area contributed by atoms with Gasteiger partial charge in [0.25, 0.3) is 0 Å². The number of benzene rings is 1. The molecule has 1 aliphatic rings. The van der Waals surface area contributed by atoms with Crippen molar-refractivity contribution in [1.82, 2.24) is 10.3 Å². The highest BCUT2D eigenvalue weighted by atomic mass is 79.9. The van der Waals surface area contributed by atoms with Gasteiger partial charge in [0.1, 0.15) is 0 Å². The van der Waals surface area contributed by atoms with Crippen molar-refractivity contribution >= 4 is 38.6 Å². The Bertz CT molecular complexity index is 684. The number of aromatic nitrogens is 1. The molecule has 3 rings (SSSR count). The molecule has 2 amide bonds. The predicted molar refractivity (Wildman–Crippen MR) is 74.6 cm³/mol. The molecule has 1 aromatic heterocycles. The number of carbonyl (C=O) groups excluding carboxylic acids is 2. The summed E-state index contributed by atoms with van der Waals surface area (Å²) in [7, 11) is 0. The summed E-state index contributed by atoms with van der Waals surface area (Å²) in [6, 6.07) is 7.65. The zero-order valence-corrected chi connectivity index (χ0v) is 11.6. The highest BCUT2D eigenvalue weighted by molar-refractivity contribution is 9.10. The minimum Gasteiger partial charge on any atom is -0.296 e. The van der Waals surface area contributed by atoms with Crippen molar-refractivity contribution in [3.05, 3.63) is 40.5 Å². The van der Waals surface area contributed by atoms with Crippen molar-refractivity contribution in [2.24, 2.45) is 0 Å². The third kappa shape index (κ3) is 2.14. The zero-order chi connectivity index (χ0) is 13.4. The fourth-order valence-electron chi connectivity index (χ4n) is 2.46. The van der Waals surface area contributed by atoms with Crippen LogP contribution in [0.15, 0.2) is 34.9 Å². The number of para-hydroxylation sites is 1. The smallest absolute Gasteiger partial charge is 0.234 e. The van der Waals surface area contributed by atoms with E-state index in [0.717, 1.165) is 20.9 Å². The van der Waals surface area contributed by atoms with Gasteiger partial charge in [0.15, 0.2) is 0 Å². The molecule has 0 radical (unpaired) electrons. The second kappa shape index (κ2) is 4.74. The summed E-state index contributed by atoms with van der Waals surface area (Å²) in [5.74, 6) is -0.693. The SMILES string of the molecule is O=C1CCC(c2ccnc3c(Br)cccc23)C(=O)N1. The van der Waals surface area contributed by atoms with Crippen molar-refractivity contribution < 1.29 is 9.59 Å². The van der Waals surface area contributed by atoms with Crippen LogP contribution < -0.4 is 5.32 Å². The number of amides is 2. The lowest BCUT2D eigenvalue weighted by Gasteiger charge is -2.22. The third-order valence-electron chi connectivity index (χ3n) is 3.37. The fraction of sp³-hybridized carbons (Fsp3) is 0.214. The van der Waals surface area contributed by atoms with Crippen LogP contribution in [0.2, 0.25) is 0 Å². The number of hydrogen-bond donors (Lipinski definition) is 1. The zero-order valence-electron chi connectivity index (χ0n) is 10.0. The topological polar surface area (TPSA) is 59.1 Å². The second-order valence-corrected chi connectivity index (χ2v) is 5.39. The molecular weight excluding hydrogens is 308 g/mol. The Labute approximate surface area is 118 Å². The van der Waals surface area contributed by atoms with Gasteiger partial charge in [-0.15, -0.1) is 0 Å². The largest absolute Gasteiger partial charge is 0.296 e. The Morgan fingerprint density at radius 2 is 2.11 bits per heavy atom. The van der Waals surface area contributed by atoms with E-state index in [1.165, 1.54) is 0 Å². The van der Waals surface area contributed by atoms with Crippen LogP contribution in [0.3, 0.4) is 0 Å². The van der Waals surface area contributed by atoms with Gasteiger partial charge < -0.3 is 0 Å². The number of halogens is 1. The lowest BCUT2D eigenvalue weighted by atomic mass is 9.88. The molecule has 1 atom stereocenters. The summed E-state index contributed by atoms with van der Waals surface area (Å²) in [6.45, 7) is 0. The Morgan fingerprint density at radius 3 is 2.89 bits per heavy atom. The number of nitrogens with zero attached hydrogens (tertiary/aromatic N) is 1. The maximum atomic E-state index is 12.0. The number of imide groups is 1. The van der Waals surface area contributed by atoms with Crippen LogP contribution in [0.5, 0.6) is 0 Å². The van der Waals surface area contributed by atoms with Crippen LogP contribution in [0, 0.1) is 0 Å². The number of carbonyl (C=O) groups is 2. The van der Waals surface area contributed by atoms with E-state index in [1.54, 1.807) is 6.20 Å². The summed E-state index contributed by atoms with van der Waals surface area (Å²) in [5.41, 5.74) is 1.76.